The highest BCUT2D eigenvalue weighted by atomic mass is 35.5. The Hall–Kier alpha value is -3.23. The number of thioether (sulfide) groups is 1. The van der Waals surface area contributed by atoms with E-state index in [1.165, 1.54) is 32.2 Å². The van der Waals surface area contributed by atoms with Crippen LogP contribution in [0.2, 0.25) is 5.02 Å². The summed E-state index contributed by atoms with van der Waals surface area (Å²) >= 11 is 7.13. The number of anilines is 2. The Bertz CT molecular complexity index is 1050. The highest BCUT2D eigenvalue weighted by molar-refractivity contribution is 8.00. The summed E-state index contributed by atoms with van der Waals surface area (Å²) in [7, 11) is 2.99. The number of benzene rings is 2. The first kappa shape index (κ1) is 22.5. The number of nitrogens with one attached hydrogen (secondary N) is 2. The van der Waals surface area contributed by atoms with E-state index in [2.05, 4.69) is 15.6 Å². The third kappa shape index (κ3) is 6.13. The maximum atomic E-state index is 12.8. The van der Waals surface area contributed by atoms with Crippen molar-refractivity contribution in [2.75, 3.05) is 30.6 Å². The highest BCUT2D eigenvalue weighted by Gasteiger charge is 2.18. The van der Waals surface area contributed by atoms with Gasteiger partial charge in [0.2, 0.25) is 5.91 Å². The van der Waals surface area contributed by atoms with Crippen LogP contribution in [-0.2, 0) is 4.79 Å². The fraction of sp³-hybridized carbons (Fsp3) is 0.136. The molecule has 7 nitrogen and oxygen atoms in total. The molecule has 0 aliphatic carbocycles. The number of ether oxygens (including phenoxy) is 2. The second-order valence-corrected chi connectivity index (χ2v) is 7.70. The predicted octanol–water partition coefficient (Wildman–Crippen LogP) is 4.74. The Kier molecular flexibility index (Phi) is 7.75. The molecule has 0 unspecified atom stereocenters. The molecule has 0 aliphatic heterocycles. The van der Waals surface area contributed by atoms with Gasteiger partial charge in [-0.25, -0.2) is 4.98 Å². The first-order valence-electron chi connectivity index (χ1n) is 9.16. The van der Waals surface area contributed by atoms with Gasteiger partial charge in [-0.3, -0.25) is 9.59 Å². The molecule has 1 heterocycles. The number of carbonyl (C=O) groups excluding carboxylic acids is 2. The summed E-state index contributed by atoms with van der Waals surface area (Å²) in [5.41, 5.74) is 0.892. The van der Waals surface area contributed by atoms with E-state index in [-0.39, 0.29) is 17.6 Å². The van der Waals surface area contributed by atoms with E-state index < -0.39 is 0 Å². The van der Waals surface area contributed by atoms with Crippen LogP contribution in [-0.4, -0.2) is 36.8 Å². The van der Waals surface area contributed by atoms with Crippen molar-refractivity contribution in [3.63, 3.8) is 0 Å². The second kappa shape index (κ2) is 10.7. The van der Waals surface area contributed by atoms with Gasteiger partial charge < -0.3 is 20.1 Å². The van der Waals surface area contributed by atoms with Crippen LogP contribution in [0.15, 0.2) is 65.7 Å². The van der Waals surface area contributed by atoms with E-state index >= 15 is 0 Å². The minimum atomic E-state index is -0.358. The number of pyridine rings is 1. The zero-order valence-electron chi connectivity index (χ0n) is 16.8. The van der Waals surface area contributed by atoms with Crippen LogP contribution in [0.4, 0.5) is 11.5 Å². The van der Waals surface area contributed by atoms with Gasteiger partial charge in [0.15, 0.2) is 0 Å². The summed E-state index contributed by atoms with van der Waals surface area (Å²) in [4.78, 5) is 29.8. The molecule has 0 bridgehead atoms. The molecule has 0 aliphatic rings. The lowest BCUT2D eigenvalue weighted by molar-refractivity contribution is -0.113. The van der Waals surface area contributed by atoms with E-state index in [0.29, 0.717) is 33.6 Å². The molecular formula is C22H20ClN3O4S. The van der Waals surface area contributed by atoms with Gasteiger partial charge in [0.1, 0.15) is 22.9 Å². The van der Waals surface area contributed by atoms with Crippen LogP contribution < -0.4 is 20.1 Å². The Morgan fingerprint density at radius 2 is 1.71 bits per heavy atom. The largest absolute Gasteiger partial charge is 0.496 e. The van der Waals surface area contributed by atoms with E-state index in [0.717, 1.165) is 4.90 Å². The molecular weight excluding hydrogens is 438 g/mol. The third-order valence-corrected chi connectivity index (χ3v) is 5.33. The van der Waals surface area contributed by atoms with Crippen LogP contribution in [0.25, 0.3) is 0 Å². The van der Waals surface area contributed by atoms with Crippen LogP contribution in [0, 0.1) is 0 Å². The van der Waals surface area contributed by atoms with Gasteiger partial charge in [0.25, 0.3) is 5.91 Å². The lowest BCUT2D eigenvalue weighted by Gasteiger charge is -2.13. The van der Waals surface area contributed by atoms with E-state index in [1.807, 2.05) is 6.07 Å². The van der Waals surface area contributed by atoms with Crippen LogP contribution in [0.3, 0.4) is 0 Å². The average molecular weight is 458 g/mol. The van der Waals surface area contributed by atoms with Crippen LogP contribution in [0.5, 0.6) is 11.5 Å². The summed E-state index contributed by atoms with van der Waals surface area (Å²) in [6.07, 6.45) is 1.47. The molecule has 2 N–H and O–H groups in total. The van der Waals surface area contributed by atoms with Gasteiger partial charge in [-0.15, -0.1) is 11.8 Å². The lowest BCUT2D eigenvalue weighted by Crippen LogP contribution is -2.15. The molecule has 160 valence electrons. The van der Waals surface area contributed by atoms with Crippen molar-refractivity contribution in [1.29, 1.82) is 0 Å². The fourth-order valence-electron chi connectivity index (χ4n) is 2.71. The smallest absolute Gasteiger partial charge is 0.263 e. The van der Waals surface area contributed by atoms with Crippen molar-refractivity contribution in [1.82, 2.24) is 4.98 Å². The maximum absolute atomic E-state index is 12.8. The zero-order valence-corrected chi connectivity index (χ0v) is 18.4. The van der Waals surface area contributed by atoms with Crippen molar-refractivity contribution in [3.05, 3.63) is 71.4 Å². The number of hydrogen-bond acceptors (Lipinski definition) is 6. The molecule has 31 heavy (non-hydrogen) atoms. The maximum Gasteiger partial charge on any atom is 0.263 e. The summed E-state index contributed by atoms with van der Waals surface area (Å²) < 4.78 is 10.6. The highest BCUT2D eigenvalue weighted by Crippen LogP contribution is 2.29. The van der Waals surface area contributed by atoms with E-state index in [9.17, 15) is 9.59 Å². The first-order chi connectivity index (χ1) is 15.0. The Balaban J connectivity index is 1.63. The normalized spacial score (nSPS) is 10.3. The Morgan fingerprint density at radius 3 is 2.35 bits per heavy atom. The Morgan fingerprint density at radius 1 is 1.00 bits per heavy atom. The van der Waals surface area contributed by atoms with Crippen molar-refractivity contribution in [2.45, 2.75) is 4.90 Å². The number of nitrogens with zero attached hydrogens (tertiary/aromatic N) is 1. The molecule has 0 radical (unpaired) electrons. The molecule has 9 heteroatoms. The number of carbonyl (C=O) groups is 2. The quantitative estimate of drug-likeness (QED) is 0.475. The van der Waals surface area contributed by atoms with Gasteiger partial charge >= 0.3 is 0 Å². The summed E-state index contributed by atoms with van der Waals surface area (Å²) in [5.74, 6) is 0.879. The average Bonchev–Trinajstić information content (AvgIpc) is 2.78. The van der Waals surface area contributed by atoms with Gasteiger partial charge in [-0.1, -0.05) is 23.7 Å². The molecule has 2 amide bonds. The summed E-state index contributed by atoms with van der Waals surface area (Å²) in [6.45, 7) is 0. The Labute approximate surface area is 189 Å². The summed E-state index contributed by atoms with van der Waals surface area (Å²) in [6, 6.07) is 15.6. The van der Waals surface area contributed by atoms with Crippen molar-refractivity contribution < 1.29 is 19.1 Å². The standard InChI is InChI=1S/C22H20ClN3O4S/c1-29-17-7-4-8-18(30-2)21(17)22(28)25-15-5-3-6-16(11-15)31-13-20(27)26-19-10-9-14(23)12-24-19/h3-12H,13H2,1-2H3,(H,25,28)(H,24,26,27). The monoisotopic (exact) mass is 457 g/mol. The van der Waals surface area contributed by atoms with Gasteiger partial charge in [0, 0.05) is 16.8 Å². The molecule has 0 saturated heterocycles. The first-order valence-corrected chi connectivity index (χ1v) is 10.5. The van der Waals surface area contributed by atoms with Gasteiger partial charge in [-0.2, -0.15) is 0 Å². The number of rotatable bonds is 8. The SMILES string of the molecule is COc1cccc(OC)c1C(=O)Nc1cccc(SCC(=O)Nc2ccc(Cl)cn2)c1. The van der Waals surface area contributed by atoms with Crippen molar-refractivity contribution in [2.24, 2.45) is 0 Å². The topological polar surface area (TPSA) is 89.5 Å². The minimum Gasteiger partial charge on any atom is -0.496 e. The third-order valence-electron chi connectivity index (χ3n) is 4.11. The predicted molar refractivity (Wildman–Crippen MR) is 123 cm³/mol. The molecule has 0 saturated carbocycles. The van der Waals surface area contributed by atoms with Gasteiger partial charge in [-0.05, 0) is 42.5 Å². The number of hydrogen-bond donors (Lipinski definition) is 2. The molecule has 0 atom stereocenters. The molecule has 3 aromatic rings. The summed E-state index contributed by atoms with van der Waals surface area (Å²) in [5, 5.41) is 6.05. The van der Waals surface area contributed by atoms with E-state index in [1.54, 1.807) is 48.5 Å². The number of methoxy groups -OCH3 is 2. The molecule has 3 rings (SSSR count). The number of aromatic nitrogens is 1. The second-order valence-electron chi connectivity index (χ2n) is 6.22. The van der Waals surface area contributed by atoms with Crippen molar-refractivity contribution >= 4 is 46.7 Å². The number of amides is 2. The number of halogens is 1. The molecule has 1 aromatic heterocycles. The van der Waals surface area contributed by atoms with E-state index in [4.69, 9.17) is 21.1 Å². The molecule has 2 aromatic carbocycles. The van der Waals surface area contributed by atoms with Crippen molar-refractivity contribution in [3.8, 4) is 11.5 Å². The zero-order chi connectivity index (χ0) is 22.2. The molecule has 0 fully saturated rings. The van der Waals surface area contributed by atoms with Crippen LogP contribution >= 0.6 is 23.4 Å². The fourth-order valence-corrected chi connectivity index (χ4v) is 3.58. The van der Waals surface area contributed by atoms with Gasteiger partial charge in [0.05, 0.1) is 25.0 Å². The lowest BCUT2D eigenvalue weighted by atomic mass is 10.1. The minimum absolute atomic E-state index is 0.183. The van der Waals surface area contributed by atoms with Crippen LogP contribution in [0.1, 0.15) is 10.4 Å². The molecule has 0 spiro atoms.